The number of benzene rings is 1. The number of hydrogen-bond acceptors (Lipinski definition) is 5. The predicted octanol–water partition coefficient (Wildman–Crippen LogP) is 3.38. The van der Waals surface area contributed by atoms with Gasteiger partial charge in [-0.2, -0.15) is 4.37 Å². The lowest BCUT2D eigenvalue weighted by Gasteiger charge is -2.10. The van der Waals surface area contributed by atoms with E-state index in [0.29, 0.717) is 19.0 Å². The molecule has 5 nitrogen and oxygen atoms in total. The first-order chi connectivity index (χ1) is 11.8. The molecule has 1 aromatic heterocycles. The number of carbonyl (C=O) groups is 1. The number of hydrogen-bond donors (Lipinski definition) is 3. The number of anilines is 1. The second-order valence-corrected chi connectivity index (χ2v) is 6.46. The summed E-state index contributed by atoms with van der Waals surface area (Å²) in [6, 6.07) is 8.59. The van der Waals surface area contributed by atoms with Gasteiger partial charge in [0.05, 0.1) is 4.70 Å². The molecule has 1 aromatic carbocycles. The Bertz CT molecular complexity index is 622. The fraction of sp³-hybridized carbons (Fsp3) is 0.556. The molecule has 132 valence electrons. The van der Waals surface area contributed by atoms with Crippen LogP contribution in [0.1, 0.15) is 39.5 Å². The van der Waals surface area contributed by atoms with Crippen molar-refractivity contribution in [1.82, 2.24) is 15.0 Å². The molecule has 2 aromatic rings. The highest BCUT2D eigenvalue weighted by molar-refractivity contribution is 7.13. The lowest BCUT2D eigenvalue weighted by atomic mass is 10.1. The number of nitrogens with one attached hydrogen (secondary N) is 3. The summed E-state index contributed by atoms with van der Waals surface area (Å²) in [4.78, 5) is 11.8. The minimum Gasteiger partial charge on any atom is -0.369 e. The summed E-state index contributed by atoms with van der Waals surface area (Å²) in [7, 11) is 0. The zero-order valence-electron chi connectivity index (χ0n) is 14.6. The Morgan fingerprint density at radius 1 is 1.33 bits per heavy atom. The Hall–Kier alpha value is -1.66. The fourth-order valence-corrected chi connectivity index (χ4v) is 3.52. The van der Waals surface area contributed by atoms with Crippen molar-refractivity contribution in [2.24, 2.45) is 0 Å². The molecule has 1 saturated heterocycles. The molecule has 0 radical (unpaired) electrons. The third kappa shape index (κ3) is 5.46. The molecule has 6 heteroatoms. The molecular formula is C18H28N4OS. The quantitative estimate of drug-likeness (QED) is 0.671. The average Bonchev–Trinajstić information content (AvgIpc) is 3.26. The van der Waals surface area contributed by atoms with Gasteiger partial charge in [0.2, 0.25) is 5.91 Å². The van der Waals surface area contributed by atoms with Gasteiger partial charge in [0, 0.05) is 30.9 Å². The third-order valence-electron chi connectivity index (χ3n) is 3.94. The summed E-state index contributed by atoms with van der Waals surface area (Å²) in [5.41, 5.74) is 0. The normalized spacial score (nSPS) is 16.5. The molecule has 3 N–H and O–H groups in total. The van der Waals surface area contributed by atoms with Crippen LogP contribution in [-0.4, -0.2) is 36.0 Å². The zero-order valence-corrected chi connectivity index (χ0v) is 15.4. The molecule has 0 saturated carbocycles. The summed E-state index contributed by atoms with van der Waals surface area (Å²) in [6.07, 6.45) is 3.80. The van der Waals surface area contributed by atoms with E-state index in [9.17, 15) is 4.79 Å². The predicted molar refractivity (Wildman–Crippen MR) is 103 cm³/mol. The summed E-state index contributed by atoms with van der Waals surface area (Å²) in [5.74, 6) is 1.10. The monoisotopic (exact) mass is 348 g/mol. The van der Waals surface area contributed by atoms with E-state index >= 15 is 0 Å². The van der Waals surface area contributed by atoms with E-state index in [2.05, 4.69) is 32.5 Å². The van der Waals surface area contributed by atoms with Crippen molar-refractivity contribution in [3.8, 4) is 0 Å². The average molecular weight is 349 g/mol. The molecule has 0 bridgehead atoms. The van der Waals surface area contributed by atoms with Crippen molar-refractivity contribution in [3.05, 3.63) is 24.3 Å². The van der Waals surface area contributed by atoms with Gasteiger partial charge in [-0.1, -0.05) is 26.0 Å². The van der Waals surface area contributed by atoms with Crippen LogP contribution in [0.4, 0.5) is 5.82 Å². The highest BCUT2D eigenvalue weighted by Crippen LogP contribution is 2.25. The Kier molecular flexibility index (Phi) is 7.98. The van der Waals surface area contributed by atoms with E-state index in [-0.39, 0.29) is 5.91 Å². The lowest BCUT2D eigenvalue weighted by Crippen LogP contribution is -2.32. The van der Waals surface area contributed by atoms with Crippen molar-refractivity contribution < 1.29 is 4.79 Å². The zero-order chi connectivity index (χ0) is 17.2. The van der Waals surface area contributed by atoms with Gasteiger partial charge < -0.3 is 16.0 Å². The van der Waals surface area contributed by atoms with Crippen molar-refractivity contribution >= 4 is 33.3 Å². The standard InChI is InChI=1S/C16H22N4OS.C2H6/c21-15(11-12-5-3-8-17-12)18-9-4-10-19-16-13-6-1-2-7-14(13)22-20-16;1-2/h1-2,6-7,12,17H,3-5,8-11H2,(H,18,21)(H,19,20);1-2H3. The van der Waals surface area contributed by atoms with E-state index < -0.39 is 0 Å². The molecule has 2 heterocycles. The number of carbonyl (C=O) groups excluding carboxylic acids is 1. The van der Waals surface area contributed by atoms with E-state index in [0.717, 1.165) is 31.7 Å². The first kappa shape index (κ1) is 18.7. The number of amides is 1. The molecule has 1 atom stereocenters. The van der Waals surface area contributed by atoms with Crippen molar-refractivity contribution in [3.63, 3.8) is 0 Å². The lowest BCUT2D eigenvalue weighted by molar-refractivity contribution is -0.121. The minimum absolute atomic E-state index is 0.151. The van der Waals surface area contributed by atoms with Crippen LogP contribution in [0, 0.1) is 0 Å². The maximum atomic E-state index is 11.8. The van der Waals surface area contributed by atoms with Gasteiger partial charge in [0.1, 0.15) is 5.82 Å². The van der Waals surface area contributed by atoms with Crippen LogP contribution in [-0.2, 0) is 4.79 Å². The molecule has 1 aliphatic rings. The number of fused-ring (bicyclic) bond motifs is 1. The Balaban J connectivity index is 0.00000100. The van der Waals surface area contributed by atoms with Gasteiger partial charge >= 0.3 is 0 Å². The van der Waals surface area contributed by atoms with Crippen LogP contribution in [0.2, 0.25) is 0 Å². The molecule has 3 rings (SSSR count). The summed E-state index contributed by atoms with van der Waals surface area (Å²) >= 11 is 1.51. The van der Waals surface area contributed by atoms with Crippen molar-refractivity contribution in [2.45, 2.75) is 45.6 Å². The van der Waals surface area contributed by atoms with Gasteiger partial charge in [0.25, 0.3) is 0 Å². The molecule has 0 spiro atoms. The van der Waals surface area contributed by atoms with Crippen LogP contribution in [0.25, 0.3) is 10.1 Å². The van der Waals surface area contributed by atoms with Crippen LogP contribution < -0.4 is 16.0 Å². The Morgan fingerprint density at radius 2 is 2.17 bits per heavy atom. The van der Waals surface area contributed by atoms with Gasteiger partial charge in [0.15, 0.2) is 0 Å². The maximum absolute atomic E-state index is 11.8. The molecule has 1 fully saturated rings. The van der Waals surface area contributed by atoms with Crippen molar-refractivity contribution in [2.75, 3.05) is 25.0 Å². The van der Waals surface area contributed by atoms with Crippen LogP contribution in [0.3, 0.4) is 0 Å². The number of nitrogens with zero attached hydrogens (tertiary/aromatic N) is 1. The summed E-state index contributed by atoms with van der Waals surface area (Å²) in [5, 5.41) is 10.9. The summed E-state index contributed by atoms with van der Waals surface area (Å²) in [6.45, 7) is 6.57. The van der Waals surface area contributed by atoms with Crippen LogP contribution in [0.5, 0.6) is 0 Å². The largest absolute Gasteiger partial charge is 0.369 e. The van der Waals surface area contributed by atoms with Gasteiger partial charge in [-0.25, -0.2) is 0 Å². The third-order valence-corrected chi connectivity index (χ3v) is 4.77. The van der Waals surface area contributed by atoms with E-state index in [1.165, 1.54) is 28.0 Å². The van der Waals surface area contributed by atoms with E-state index in [1.807, 2.05) is 26.0 Å². The molecule has 0 aliphatic carbocycles. The minimum atomic E-state index is 0.151. The molecular weight excluding hydrogens is 320 g/mol. The topological polar surface area (TPSA) is 66.1 Å². The molecule has 1 unspecified atom stereocenters. The SMILES string of the molecule is CC.O=C(CC1CCCN1)NCCCNc1nsc2ccccc12. The number of rotatable bonds is 7. The molecule has 1 aliphatic heterocycles. The van der Waals surface area contributed by atoms with E-state index in [1.54, 1.807) is 0 Å². The Morgan fingerprint density at radius 3 is 2.96 bits per heavy atom. The second kappa shape index (κ2) is 10.3. The van der Waals surface area contributed by atoms with E-state index in [4.69, 9.17) is 0 Å². The van der Waals surface area contributed by atoms with Gasteiger partial charge in [-0.05, 0) is 49.5 Å². The highest BCUT2D eigenvalue weighted by atomic mass is 32.1. The Labute approximate surface area is 148 Å². The first-order valence-corrected chi connectivity index (χ1v) is 9.68. The fourth-order valence-electron chi connectivity index (χ4n) is 2.76. The van der Waals surface area contributed by atoms with Crippen LogP contribution in [0.15, 0.2) is 24.3 Å². The molecule has 1 amide bonds. The first-order valence-electron chi connectivity index (χ1n) is 8.91. The van der Waals surface area contributed by atoms with Crippen molar-refractivity contribution in [1.29, 1.82) is 0 Å². The smallest absolute Gasteiger partial charge is 0.221 e. The highest BCUT2D eigenvalue weighted by Gasteiger charge is 2.17. The van der Waals surface area contributed by atoms with Gasteiger partial charge in [-0.3, -0.25) is 4.79 Å². The van der Waals surface area contributed by atoms with Crippen LogP contribution >= 0.6 is 11.5 Å². The summed E-state index contributed by atoms with van der Waals surface area (Å²) < 4.78 is 5.63. The molecule has 24 heavy (non-hydrogen) atoms. The maximum Gasteiger partial charge on any atom is 0.221 e. The second-order valence-electron chi connectivity index (χ2n) is 5.66. The van der Waals surface area contributed by atoms with Gasteiger partial charge in [-0.15, -0.1) is 0 Å². The number of aromatic nitrogens is 1.